The minimum Gasteiger partial charge on any atom is -0.396 e. The molecule has 0 aromatic rings. The Morgan fingerprint density at radius 3 is 2.15 bits per heavy atom. The van der Waals surface area contributed by atoms with Crippen molar-refractivity contribution in [1.82, 2.24) is 0 Å². The molecule has 1 saturated carbocycles. The van der Waals surface area contributed by atoms with Crippen molar-refractivity contribution >= 4 is 15.9 Å². The molecular weight excluding hydrogens is 228 g/mol. The summed E-state index contributed by atoms with van der Waals surface area (Å²) in [5, 5.41) is 10.2. The quantitative estimate of drug-likeness (QED) is 0.762. The monoisotopic (exact) mass is 248 g/mol. The van der Waals surface area contributed by atoms with Gasteiger partial charge in [-0.15, -0.1) is 0 Å². The minimum absolute atomic E-state index is 0.343. The zero-order valence-electron chi connectivity index (χ0n) is 8.67. The van der Waals surface area contributed by atoms with Gasteiger partial charge in [-0.25, -0.2) is 0 Å². The molecule has 1 aliphatic carbocycles. The predicted molar refractivity (Wildman–Crippen MR) is 60.0 cm³/mol. The van der Waals surface area contributed by atoms with Crippen LogP contribution < -0.4 is 0 Å². The molecule has 0 aromatic heterocycles. The van der Waals surface area contributed by atoms with Gasteiger partial charge < -0.3 is 5.11 Å². The van der Waals surface area contributed by atoms with Gasteiger partial charge in [-0.3, -0.25) is 0 Å². The van der Waals surface area contributed by atoms with E-state index in [0.29, 0.717) is 12.5 Å². The number of halogens is 1. The molecule has 1 nitrogen and oxygen atoms in total. The maximum atomic E-state index is 9.22. The van der Waals surface area contributed by atoms with Crippen LogP contribution >= 0.6 is 15.9 Å². The fourth-order valence-electron chi connectivity index (χ4n) is 2.72. The van der Waals surface area contributed by atoms with Crippen molar-refractivity contribution in [2.24, 2.45) is 23.7 Å². The molecule has 13 heavy (non-hydrogen) atoms. The third kappa shape index (κ3) is 3.25. The molecule has 78 valence electrons. The molecule has 0 aromatic carbocycles. The minimum atomic E-state index is 0.343. The predicted octanol–water partition coefficient (Wildman–Crippen LogP) is 3.06. The van der Waals surface area contributed by atoms with Crippen LogP contribution in [0.4, 0.5) is 0 Å². The highest BCUT2D eigenvalue weighted by Gasteiger charge is 2.28. The van der Waals surface area contributed by atoms with Crippen molar-refractivity contribution in [2.75, 3.05) is 11.9 Å². The zero-order chi connectivity index (χ0) is 9.84. The van der Waals surface area contributed by atoms with Crippen molar-refractivity contribution in [1.29, 1.82) is 0 Å². The highest BCUT2D eigenvalue weighted by molar-refractivity contribution is 9.09. The van der Waals surface area contributed by atoms with E-state index in [2.05, 4.69) is 29.8 Å². The van der Waals surface area contributed by atoms with Crippen LogP contribution in [-0.4, -0.2) is 17.0 Å². The van der Waals surface area contributed by atoms with Gasteiger partial charge in [-0.05, 0) is 42.9 Å². The van der Waals surface area contributed by atoms with Crippen LogP contribution in [0.3, 0.4) is 0 Å². The molecule has 0 spiro atoms. The van der Waals surface area contributed by atoms with Gasteiger partial charge in [0, 0.05) is 11.9 Å². The van der Waals surface area contributed by atoms with E-state index in [-0.39, 0.29) is 0 Å². The summed E-state index contributed by atoms with van der Waals surface area (Å²) in [5.41, 5.74) is 0. The Bertz CT molecular complexity index is 135. The highest BCUT2D eigenvalue weighted by atomic mass is 79.9. The molecule has 1 rings (SSSR count). The average molecular weight is 249 g/mol. The first-order valence-corrected chi connectivity index (χ1v) is 6.46. The first-order chi connectivity index (χ1) is 6.17. The van der Waals surface area contributed by atoms with Crippen molar-refractivity contribution in [3.63, 3.8) is 0 Å². The van der Waals surface area contributed by atoms with Crippen molar-refractivity contribution in [3.8, 4) is 0 Å². The average Bonchev–Trinajstić information content (AvgIpc) is 2.04. The lowest BCUT2D eigenvalue weighted by Gasteiger charge is -2.35. The Labute approximate surface area is 90.0 Å². The lowest BCUT2D eigenvalue weighted by Crippen LogP contribution is -2.28. The van der Waals surface area contributed by atoms with E-state index in [1.165, 1.54) is 19.3 Å². The van der Waals surface area contributed by atoms with Crippen LogP contribution in [0.5, 0.6) is 0 Å². The second kappa shape index (κ2) is 5.35. The lowest BCUT2D eigenvalue weighted by atomic mass is 9.72. The molecule has 0 aliphatic heterocycles. The summed E-state index contributed by atoms with van der Waals surface area (Å²) >= 11 is 3.49. The van der Waals surface area contributed by atoms with Crippen molar-refractivity contribution in [2.45, 2.75) is 33.1 Å². The summed E-state index contributed by atoms with van der Waals surface area (Å²) in [4.78, 5) is 0. The number of aliphatic hydroxyl groups excluding tert-OH is 1. The van der Waals surface area contributed by atoms with E-state index < -0.39 is 0 Å². The summed E-state index contributed by atoms with van der Waals surface area (Å²) < 4.78 is 0. The van der Waals surface area contributed by atoms with Gasteiger partial charge in [0.1, 0.15) is 0 Å². The molecular formula is C11H21BrO. The number of hydrogen-bond donors (Lipinski definition) is 1. The maximum absolute atomic E-state index is 9.22. The van der Waals surface area contributed by atoms with E-state index in [4.69, 9.17) is 0 Å². The van der Waals surface area contributed by atoms with E-state index in [9.17, 15) is 5.11 Å². The Morgan fingerprint density at radius 2 is 1.77 bits per heavy atom. The smallest absolute Gasteiger partial charge is 0.0469 e. The van der Waals surface area contributed by atoms with Crippen LogP contribution in [0.15, 0.2) is 0 Å². The lowest BCUT2D eigenvalue weighted by molar-refractivity contribution is 0.122. The topological polar surface area (TPSA) is 20.2 Å². The number of aliphatic hydroxyl groups is 1. The van der Waals surface area contributed by atoms with Gasteiger partial charge in [0.05, 0.1) is 0 Å². The molecule has 0 radical (unpaired) electrons. The maximum Gasteiger partial charge on any atom is 0.0469 e. The van der Waals surface area contributed by atoms with Gasteiger partial charge in [-0.1, -0.05) is 29.8 Å². The van der Waals surface area contributed by atoms with Gasteiger partial charge in [0.25, 0.3) is 0 Å². The molecule has 2 heteroatoms. The standard InChI is InChI=1S/C11H21BrO/c1-8-3-9(2)5-10(4-8)11(6-12)7-13/h8-11,13H,3-7H2,1-2H3. The molecule has 1 N–H and O–H groups in total. The molecule has 3 atom stereocenters. The third-order valence-electron chi connectivity index (χ3n) is 3.31. The SMILES string of the molecule is CC1CC(C)CC(C(CO)CBr)C1. The van der Waals surface area contributed by atoms with Crippen LogP contribution in [0.25, 0.3) is 0 Å². The first-order valence-electron chi connectivity index (χ1n) is 5.34. The molecule has 0 saturated heterocycles. The Morgan fingerprint density at radius 1 is 1.23 bits per heavy atom. The van der Waals surface area contributed by atoms with E-state index in [1.54, 1.807) is 0 Å². The Hall–Kier alpha value is 0.440. The molecule has 1 fully saturated rings. The second-order valence-electron chi connectivity index (χ2n) is 4.77. The highest BCUT2D eigenvalue weighted by Crippen LogP contribution is 2.37. The van der Waals surface area contributed by atoms with E-state index >= 15 is 0 Å². The van der Waals surface area contributed by atoms with E-state index in [1.807, 2.05) is 0 Å². The van der Waals surface area contributed by atoms with Crippen LogP contribution in [0, 0.1) is 23.7 Å². The molecule has 3 unspecified atom stereocenters. The molecule has 1 aliphatic rings. The third-order valence-corrected chi connectivity index (χ3v) is 4.15. The van der Waals surface area contributed by atoms with E-state index in [0.717, 1.165) is 23.1 Å². The van der Waals surface area contributed by atoms with Crippen LogP contribution in [-0.2, 0) is 0 Å². The summed E-state index contributed by atoms with van der Waals surface area (Å²) in [6.07, 6.45) is 3.99. The largest absolute Gasteiger partial charge is 0.396 e. The Kier molecular flexibility index (Phi) is 4.74. The van der Waals surface area contributed by atoms with Gasteiger partial charge in [0.15, 0.2) is 0 Å². The van der Waals surface area contributed by atoms with Crippen LogP contribution in [0.1, 0.15) is 33.1 Å². The van der Waals surface area contributed by atoms with Crippen molar-refractivity contribution in [3.05, 3.63) is 0 Å². The normalized spacial score (nSPS) is 37.4. The molecule has 0 bridgehead atoms. The summed E-state index contributed by atoms with van der Waals surface area (Å²) in [6, 6.07) is 0. The Balaban J connectivity index is 2.48. The van der Waals surface area contributed by atoms with Gasteiger partial charge in [-0.2, -0.15) is 0 Å². The summed E-state index contributed by atoms with van der Waals surface area (Å²) in [6.45, 7) is 5.02. The fourth-order valence-corrected chi connectivity index (χ4v) is 3.45. The molecule has 0 heterocycles. The number of hydrogen-bond acceptors (Lipinski definition) is 1. The zero-order valence-corrected chi connectivity index (χ0v) is 10.3. The summed E-state index contributed by atoms with van der Waals surface area (Å²) in [5.74, 6) is 2.91. The van der Waals surface area contributed by atoms with Gasteiger partial charge in [0.2, 0.25) is 0 Å². The first kappa shape index (κ1) is 11.5. The molecule has 0 amide bonds. The number of alkyl halides is 1. The van der Waals surface area contributed by atoms with Crippen molar-refractivity contribution < 1.29 is 5.11 Å². The van der Waals surface area contributed by atoms with Gasteiger partial charge >= 0.3 is 0 Å². The summed E-state index contributed by atoms with van der Waals surface area (Å²) in [7, 11) is 0. The second-order valence-corrected chi connectivity index (χ2v) is 5.42. The fraction of sp³-hybridized carbons (Fsp3) is 1.00. The van der Waals surface area contributed by atoms with Crippen LogP contribution in [0.2, 0.25) is 0 Å². The number of rotatable bonds is 3.